The molecule has 0 saturated heterocycles. The average molecular weight is 278 g/mol. The molecule has 0 aliphatic carbocycles. The van der Waals surface area contributed by atoms with Gasteiger partial charge in [-0.3, -0.25) is 10.1 Å². The van der Waals surface area contributed by atoms with Crippen LogP contribution < -0.4 is 10.5 Å². The topological polar surface area (TPSA) is 104 Å². The third-order valence-corrected chi connectivity index (χ3v) is 2.70. The van der Waals surface area contributed by atoms with E-state index in [1.54, 1.807) is 0 Å². The van der Waals surface area contributed by atoms with E-state index < -0.39 is 10.7 Å². The van der Waals surface area contributed by atoms with E-state index in [-0.39, 0.29) is 34.3 Å². The number of rotatable bonds is 3. The maximum absolute atomic E-state index is 14.2. The van der Waals surface area contributed by atoms with Gasteiger partial charge in [-0.2, -0.15) is 0 Å². The Morgan fingerprint density at radius 1 is 1.40 bits per heavy atom. The molecule has 0 fully saturated rings. The van der Waals surface area contributed by atoms with E-state index in [2.05, 4.69) is 9.97 Å². The molecule has 0 radical (unpaired) electrons. The van der Waals surface area contributed by atoms with Crippen LogP contribution in [0.1, 0.15) is 5.69 Å². The van der Waals surface area contributed by atoms with Gasteiger partial charge in [0.05, 0.1) is 12.0 Å². The first-order valence-corrected chi connectivity index (χ1v) is 5.57. The van der Waals surface area contributed by atoms with Crippen molar-refractivity contribution in [3.8, 4) is 17.0 Å². The second-order valence-electron chi connectivity index (χ2n) is 3.94. The average Bonchev–Trinajstić information content (AvgIpc) is 2.37. The van der Waals surface area contributed by atoms with Crippen molar-refractivity contribution in [1.82, 2.24) is 9.97 Å². The Kier molecular flexibility index (Phi) is 3.47. The van der Waals surface area contributed by atoms with Crippen LogP contribution in [0, 0.1) is 22.9 Å². The molecule has 0 unspecified atom stereocenters. The fourth-order valence-electron chi connectivity index (χ4n) is 1.85. The van der Waals surface area contributed by atoms with Crippen LogP contribution >= 0.6 is 0 Å². The Morgan fingerprint density at radius 2 is 2.10 bits per heavy atom. The van der Waals surface area contributed by atoms with Gasteiger partial charge in [0.25, 0.3) is 0 Å². The molecule has 0 aliphatic rings. The smallest absolute Gasteiger partial charge is 0.316 e. The van der Waals surface area contributed by atoms with E-state index >= 15 is 0 Å². The van der Waals surface area contributed by atoms with Crippen molar-refractivity contribution in [2.75, 3.05) is 12.8 Å². The molecule has 2 N–H and O–H groups in total. The van der Waals surface area contributed by atoms with Crippen LogP contribution in [0.5, 0.6) is 5.75 Å². The van der Waals surface area contributed by atoms with Crippen molar-refractivity contribution in [2.24, 2.45) is 0 Å². The monoisotopic (exact) mass is 278 g/mol. The second-order valence-corrected chi connectivity index (χ2v) is 3.94. The number of aryl methyl sites for hydroxylation is 1. The maximum atomic E-state index is 14.2. The first kappa shape index (κ1) is 13.7. The van der Waals surface area contributed by atoms with Crippen LogP contribution in [0.2, 0.25) is 0 Å². The molecule has 0 atom stereocenters. The maximum Gasteiger partial charge on any atom is 0.316 e. The van der Waals surface area contributed by atoms with Crippen LogP contribution in [-0.2, 0) is 0 Å². The number of nitrogens with two attached hydrogens (primary N) is 1. The third-order valence-electron chi connectivity index (χ3n) is 2.70. The summed E-state index contributed by atoms with van der Waals surface area (Å²) in [5, 5.41) is 11.1. The summed E-state index contributed by atoms with van der Waals surface area (Å²) in [5.74, 6) is -0.937. The highest BCUT2D eigenvalue weighted by atomic mass is 19.1. The number of benzene rings is 1. The molecule has 0 aliphatic heterocycles. The normalized spacial score (nSPS) is 10.3. The van der Waals surface area contributed by atoms with E-state index in [1.807, 2.05) is 0 Å². The zero-order valence-electron chi connectivity index (χ0n) is 10.8. The highest BCUT2D eigenvalue weighted by Crippen LogP contribution is 2.35. The van der Waals surface area contributed by atoms with Gasteiger partial charge in [-0.05, 0) is 19.1 Å². The Balaban J connectivity index is 2.79. The molecular formula is C12H11FN4O3. The zero-order valence-corrected chi connectivity index (χ0v) is 10.8. The molecule has 0 amide bonds. The van der Waals surface area contributed by atoms with Crippen LogP contribution in [-0.4, -0.2) is 22.0 Å². The lowest BCUT2D eigenvalue weighted by molar-refractivity contribution is -0.385. The SMILES string of the molecule is COc1cccc(-c2nc(N)nc(C)c2[N+](=O)[O-])c1F. The Bertz CT molecular complexity index is 691. The fraction of sp³-hybridized carbons (Fsp3) is 0.167. The van der Waals surface area contributed by atoms with Gasteiger partial charge in [0.15, 0.2) is 17.3 Å². The van der Waals surface area contributed by atoms with E-state index in [4.69, 9.17) is 10.5 Å². The molecule has 1 aromatic heterocycles. The summed E-state index contributed by atoms with van der Waals surface area (Å²) in [4.78, 5) is 18.0. The van der Waals surface area contributed by atoms with Gasteiger partial charge in [-0.25, -0.2) is 14.4 Å². The molecule has 2 rings (SSSR count). The minimum absolute atomic E-state index is 0.0355. The number of nitrogen functional groups attached to an aromatic ring is 1. The molecule has 0 bridgehead atoms. The van der Waals surface area contributed by atoms with E-state index in [1.165, 1.54) is 32.2 Å². The molecule has 1 aromatic carbocycles. The lowest BCUT2D eigenvalue weighted by Crippen LogP contribution is -2.05. The summed E-state index contributed by atoms with van der Waals surface area (Å²) < 4.78 is 19.1. The Morgan fingerprint density at radius 3 is 2.70 bits per heavy atom. The summed E-state index contributed by atoms with van der Waals surface area (Å²) in [6, 6.07) is 4.28. The van der Waals surface area contributed by atoms with E-state index in [9.17, 15) is 14.5 Å². The predicted octanol–water partition coefficient (Wildman–Crippen LogP) is 2.09. The standard InChI is InChI=1S/C12H11FN4O3/c1-6-11(17(18)19)10(16-12(14)15-6)7-4-3-5-8(20-2)9(7)13/h3-5H,1-2H3,(H2,14,15,16). The molecule has 7 nitrogen and oxygen atoms in total. The predicted molar refractivity (Wildman–Crippen MR) is 69.8 cm³/mol. The van der Waals surface area contributed by atoms with Gasteiger partial charge in [0.2, 0.25) is 5.95 Å². The number of nitro groups is 1. The van der Waals surface area contributed by atoms with Crippen LogP contribution in [0.3, 0.4) is 0 Å². The van der Waals surface area contributed by atoms with Gasteiger partial charge < -0.3 is 10.5 Å². The first-order chi connectivity index (χ1) is 9.45. The van der Waals surface area contributed by atoms with Crippen molar-refractivity contribution < 1.29 is 14.1 Å². The number of hydrogen-bond donors (Lipinski definition) is 1. The summed E-state index contributed by atoms with van der Waals surface area (Å²) in [7, 11) is 1.30. The second kappa shape index (κ2) is 5.08. The minimum atomic E-state index is -0.740. The summed E-state index contributed by atoms with van der Waals surface area (Å²) in [5.41, 5.74) is 4.94. The summed E-state index contributed by atoms with van der Waals surface area (Å²) in [6.45, 7) is 1.41. The summed E-state index contributed by atoms with van der Waals surface area (Å²) >= 11 is 0. The molecule has 104 valence electrons. The lowest BCUT2D eigenvalue weighted by atomic mass is 10.1. The van der Waals surface area contributed by atoms with Gasteiger partial charge in [0.1, 0.15) is 5.69 Å². The van der Waals surface area contributed by atoms with Crippen LogP contribution in [0.25, 0.3) is 11.3 Å². The number of methoxy groups -OCH3 is 1. The molecule has 1 heterocycles. The molecule has 8 heteroatoms. The van der Waals surface area contributed by atoms with Crippen molar-refractivity contribution in [3.05, 3.63) is 39.8 Å². The molecular weight excluding hydrogens is 267 g/mol. The van der Waals surface area contributed by atoms with Crippen molar-refractivity contribution in [1.29, 1.82) is 0 Å². The molecule has 0 spiro atoms. The molecule has 0 saturated carbocycles. The number of nitrogens with zero attached hydrogens (tertiary/aromatic N) is 3. The van der Waals surface area contributed by atoms with E-state index in [0.717, 1.165) is 0 Å². The third kappa shape index (κ3) is 2.22. The Hall–Kier alpha value is -2.77. The minimum Gasteiger partial charge on any atom is -0.494 e. The molecule has 2 aromatic rings. The van der Waals surface area contributed by atoms with Crippen molar-refractivity contribution >= 4 is 11.6 Å². The number of aromatic nitrogens is 2. The first-order valence-electron chi connectivity index (χ1n) is 5.57. The lowest BCUT2D eigenvalue weighted by Gasteiger charge is -2.08. The van der Waals surface area contributed by atoms with Gasteiger partial charge >= 0.3 is 5.69 Å². The highest BCUT2D eigenvalue weighted by molar-refractivity contribution is 5.73. The van der Waals surface area contributed by atoms with Gasteiger partial charge in [-0.1, -0.05) is 6.07 Å². The quantitative estimate of drug-likeness (QED) is 0.681. The van der Waals surface area contributed by atoms with Crippen LogP contribution in [0.4, 0.5) is 16.0 Å². The highest BCUT2D eigenvalue weighted by Gasteiger charge is 2.25. The fourth-order valence-corrected chi connectivity index (χ4v) is 1.85. The van der Waals surface area contributed by atoms with Gasteiger partial charge in [0, 0.05) is 5.56 Å². The number of hydrogen-bond acceptors (Lipinski definition) is 6. The largest absolute Gasteiger partial charge is 0.494 e. The Labute approximate surface area is 113 Å². The zero-order chi connectivity index (χ0) is 14.9. The van der Waals surface area contributed by atoms with Crippen molar-refractivity contribution in [2.45, 2.75) is 6.92 Å². The summed E-state index contributed by atoms with van der Waals surface area (Å²) in [6.07, 6.45) is 0. The number of anilines is 1. The van der Waals surface area contributed by atoms with E-state index in [0.29, 0.717) is 0 Å². The molecule has 20 heavy (non-hydrogen) atoms. The van der Waals surface area contributed by atoms with Crippen molar-refractivity contribution in [3.63, 3.8) is 0 Å². The van der Waals surface area contributed by atoms with Gasteiger partial charge in [-0.15, -0.1) is 0 Å². The number of ether oxygens (including phenoxy) is 1. The number of halogens is 1. The van der Waals surface area contributed by atoms with Crippen LogP contribution in [0.15, 0.2) is 18.2 Å².